The highest BCUT2D eigenvalue weighted by molar-refractivity contribution is 7.17. The minimum absolute atomic E-state index is 0.0160. The topological polar surface area (TPSA) is 127 Å². The number of hydrogen-bond donors (Lipinski definition) is 2. The number of carbonyl (C=O) groups is 2. The van der Waals surface area contributed by atoms with E-state index in [2.05, 4.69) is 20.4 Å². The molecule has 0 atom stereocenters. The summed E-state index contributed by atoms with van der Waals surface area (Å²) in [5.41, 5.74) is 1.40. The number of hydrogen-bond acceptors (Lipinski definition) is 8. The van der Waals surface area contributed by atoms with E-state index in [9.17, 15) is 14.7 Å². The first-order valence-corrected chi connectivity index (χ1v) is 9.99. The molecule has 0 spiro atoms. The normalized spacial score (nSPS) is 15.7. The predicted molar refractivity (Wildman–Crippen MR) is 102 cm³/mol. The molecule has 0 unspecified atom stereocenters. The van der Waals surface area contributed by atoms with Crippen LogP contribution < -0.4 is 5.32 Å². The van der Waals surface area contributed by atoms with E-state index in [0.717, 1.165) is 23.3 Å². The standard InChI is InChI=1S/C19H16N4O5S/c24-16(11-2-1-6-20-14(11)19(25)26)22-18-13(10-5-7-27-8-12(10)29-18)17-21-15(23-28-17)9-3-4-9/h1-2,6,9H,3-5,7-8H2,(H,22,24)(H,25,26). The van der Waals surface area contributed by atoms with Crippen molar-refractivity contribution in [3.8, 4) is 11.5 Å². The van der Waals surface area contributed by atoms with E-state index >= 15 is 0 Å². The van der Waals surface area contributed by atoms with Crippen molar-refractivity contribution in [2.75, 3.05) is 11.9 Å². The molecule has 3 aromatic rings. The monoisotopic (exact) mass is 412 g/mol. The van der Waals surface area contributed by atoms with Crippen LogP contribution in [-0.4, -0.2) is 38.7 Å². The Morgan fingerprint density at radius 2 is 2.17 bits per heavy atom. The van der Waals surface area contributed by atoms with Crippen molar-refractivity contribution in [2.24, 2.45) is 0 Å². The number of anilines is 1. The molecule has 2 aliphatic rings. The Hall–Kier alpha value is -3.11. The van der Waals surface area contributed by atoms with Crippen LogP contribution in [0.1, 0.15) is 55.9 Å². The smallest absolute Gasteiger partial charge is 0.355 e. The van der Waals surface area contributed by atoms with Gasteiger partial charge in [0.2, 0.25) is 0 Å². The second kappa shape index (κ2) is 7.05. The highest BCUT2D eigenvalue weighted by atomic mass is 32.1. The van der Waals surface area contributed by atoms with Crippen molar-refractivity contribution in [2.45, 2.75) is 31.8 Å². The Labute approximate surface area is 168 Å². The third-order valence-electron chi connectivity index (χ3n) is 4.90. The van der Waals surface area contributed by atoms with E-state index in [4.69, 9.17) is 9.26 Å². The van der Waals surface area contributed by atoms with Crippen molar-refractivity contribution in [1.29, 1.82) is 0 Å². The molecule has 0 bridgehead atoms. The minimum Gasteiger partial charge on any atom is -0.476 e. The van der Waals surface area contributed by atoms with Crippen molar-refractivity contribution in [1.82, 2.24) is 15.1 Å². The first kappa shape index (κ1) is 18.0. The zero-order valence-corrected chi connectivity index (χ0v) is 16.0. The van der Waals surface area contributed by atoms with Gasteiger partial charge >= 0.3 is 5.97 Å². The number of ether oxygens (including phenoxy) is 1. The molecule has 0 radical (unpaired) electrons. The van der Waals surface area contributed by atoms with Crippen LogP contribution in [0, 0.1) is 0 Å². The van der Waals surface area contributed by atoms with Gasteiger partial charge in [0, 0.05) is 17.0 Å². The molecule has 10 heteroatoms. The van der Waals surface area contributed by atoms with Crippen LogP contribution in [0.4, 0.5) is 5.00 Å². The van der Waals surface area contributed by atoms with Gasteiger partial charge in [-0.15, -0.1) is 11.3 Å². The van der Waals surface area contributed by atoms with Crippen molar-refractivity contribution in [3.05, 3.63) is 45.9 Å². The number of nitrogens with zero attached hydrogens (tertiary/aromatic N) is 3. The summed E-state index contributed by atoms with van der Waals surface area (Å²) in [5, 5.41) is 16.8. The summed E-state index contributed by atoms with van der Waals surface area (Å²) < 4.78 is 11.1. The van der Waals surface area contributed by atoms with Gasteiger partial charge in [-0.3, -0.25) is 4.79 Å². The van der Waals surface area contributed by atoms with Crippen LogP contribution >= 0.6 is 11.3 Å². The van der Waals surface area contributed by atoms with Gasteiger partial charge in [0.05, 0.1) is 24.3 Å². The highest BCUT2D eigenvalue weighted by Crippen LogP contribution is 2.44. The van der Waals surface area contributed by atoms with Gasteiger partial charge in [0.1, 0.15) is 5.00 Å². The van der Waals surface area contributed by atoms with E-state index in [1.807, 2.05) is 0 Å². The number of carboxylic acids is 1. The van der Waals surface area contributed by atoms with Gasteiger partial charge in [-0.1, -0.05) is 5.16 Å². The quantitative estimate of drug-likeness (QED) is 0.654. The van der Waals surface area contributed by atoms with Crippen LogP contribution in [0.5, 0.6) is 0 Å². The first-order chi connectivity index (χ1) is 14.1. The zero-order valence-electron chi connectivity index (χ0n) is 15.2. The lowest BCUT2D eigenvalue weighted by atomic mass is 10.1. The average Bonchev–Trinajstić information content (AvgIpc) is 3.35. The Bertz CT molecular complexity index is 1120. The molecule has 1 aliphatic heterocycles. The van der Waals surface area contributed by atoms with Crippen LogP contribution in [0.15, 0.2) is 22.9 Å². The second-order valence-electron chi connectivity index (χ2n) is 6.90. The maximum Gasteiger partial charge on any atom is 0.355 e. The SMILES string of the molecule is O=C(Nc1sc2c(c1-c1nc(C3CC3)no1)CCOC2)c1cccnc1C(=O)O. The molecule has 4 heterocycles. The minimum atomic E-state index is -1.26. The van der Waals surface area contributed by atoms with E-state index in [-0.39, 0.29) is 11.3 Å². The maximum absolute atomic E-state index is 12.9. The largest absolute Gasteiger partial charge is 0.476 e. The van der Waals surface area contributed by atoms with E-state index in [1.165, 1.54) is 29.7 Å². The number of rotatable bonds is 5. The molecule has 29 heavy (non-hydrogen) atoms. The van der Waals surface area contributed by atoms with Crippen LogP contribution in [0.25, 0.3) is 11.5 Å². The zero-order chi connectivity index (χ0) is 20.0. The van der Waals surface area contributed by atoms with Gasteiger partial charge in [-0.2, -0.15) is 4.98 Å². The Morgan fingerprint density at radius 3 is 2.97 bits per heavy atom. The molecule has 148 valence electrons. The number of aromatic carboxylic acids is 1. The number of fused-ring (bicyclic) bond motifs is 1. The number of thiophene rings is 1. The number of carboxylic acid groups (broad SMARTS) is 1. The van der Waals surface area contributed by atoms with Crippen molar-refractivity contribution < 1.29 is 24.0 Å². The number of aromatic nitrogens is 3. The summed E-state index contributed by atoms with van der Waals surface area (Å²) in [6.07, 6.45) is 4.12. The van der Waals surface area contributed by atoms with Gasteiger partial charge in [0.25, 0.3) is 11.8 Å². The molecule has 2 N–H and O–H groups in total. The fourth-order valence-electron chi connectivity index (χ4n) is 3.32. The van der Waals surface area contributed by atoms with Gasteiger partial charge in [0.15, 0.2) is 11.5 Å². The second-order valence-corrected chi connectivity index (χ2v) is 8.01. The molecule has 1 amide bonds. The molecule has 1 saturated carbocycles. The molecule has 9 nitrogen and oxygen atoms in total. The molecular formula is C19H16N4O5S. The number of pyridine rings is 1. The summed E-state index contributed by atoms with van der Waals surface area (Å²) >= 11 is 1.37. The van der Waals surface area contributed by atoms with Gasteiger partial charge in [-0.05, 0) is 37.0 Å². The Balaban J connectivity index is 1.54. The summed E-state index contributed by atoms with van der Waals surface area (Å²) in [7, 11) is 0. The summed E-state index contributed by atoms with van der Waals surface area (Å²) in [4.78, 5) is 33.6. The van der Waals surface area contributed by atoms with Crippen molar-refractivity contribution >= 4 is 28.2 Å². The Morgan fingerprint density at radius 1 is 1.31 bits per heavy atom. The number of amides is 1. The van der Waals surface area contributed by atoms with Crippen LogP contribution in [0.2, 0.25) is 0 Å². The Kier molecular flexibility index (Phi) is 4.36. The third kappa shape index (κ3) is 3.30. The van der Waals surface area contributed by atoms with Gasteiger partial charge in [-0.25, -0.2) is 9.78 Å². The third-order valence-corrected chi connectivity index (χ3v) is 6.02. The molecule has 1 aliphatic carbocycles. The van der Waals surface area contributed by atoms with E-state index in [0.29, 0.717) is 47.8 Å². The number of nitrogens with one attached hydrogen (secondary N) is 1. The molecule has 5 rings (SSSR count). The molecular weight excluding hydrogens is 396 g/mol. The van der Waals surface area contributed by atoms with Crippen LogP contribution in [-0.2, 0) is 17.8 Å². The fraction of sp³-hybridized carbons (Fsp3) is 0.316. The van der Waals surface area contributed by atoms with Gasteiger partial charge < -0.3 is 19.7 Å². The predicted octanol–water partition coefficient (Wildman–Crippen LogP) is 3.09. The maximum atomic E-state index is 12.9. The molecule has 0 aromatic carbocycles. The lowest BCUT2D eigenvalue weighted by molar-refractivity contribution is 0.0686. The molecule has 0 saturated heterocycles. The summed E-state index contributed by atoms with van der Waals surface area (Å²) in [6.45, 7) is 1.01. The lowest BCUT2D eigenvalue weighted by Crippen LogP contribution is -2.17. The first-order valence-electron chi connectivity index (χ1n) is 9.17. The van der Waals surface area contributed by atoms with Crippen molar-refractivity contribution in [3.63, 3.8) is 0 Å². The molecule has 3 aromatic heterocycles. The summed E-state index contributed by atoms with van der Waals surface area (Å²) in [6, 6.07) is 2.95. The highest BCUT2D eigenvalue weighted by Gasteiger charge is 2.32. The van der Waals surface area contributed by atoms with Crippen LogP contribution in [0.3, 0.4) is 0 Å². The number of carbonyl (C=O) groups excluding carboxylic acids is 1. The fourth-order valence-corrected chi connectivity index (χ4v) is 4.49. The molecule has 1 fully saturated rings. The van der Waals surface area contributed by atoms with E-state index in [1.54, 1.807) is 0 Å². The lowest BCUT2D eigenvalue weighted by Gasteiger charge is -2.12. The summed E-state index contributed by atoms with van der Waals surface area (Å²) in [5.74, 6) is -0.424. The van der Waals surface area contributed by atoms with E-state index < -0.39 is 11.9 Å². The average molecular weight is 412 g/mol.